The molecule has 0 N–H and O–H groups in total. The van der Waals surface area contributed by atoms with Crippen LogP contribution >= 0.6 is 11.6 Å². The molecule has 0 radical (unpaired) electrons. The van der Waals surface area contributed by atoms with Crippen molar-refractivity contribution in [3.8, 4) is 0 Å². The molecule has 1 saturated heterocycles. The number of hydrogen-bond donors (Lipinski definition) is 0. The smallest absolute Gasteiger partial charge is 0.218 e. The van der Waals surface area contributed by atoms with Crippen molar-refractivity contribution in [2.24, 2.45) is 0 Å². The SMILES string of the molecule is O=S1CCN(S(=O)(=O)Cc2cccc(CCl)c2)CC1. The molecule has 7 heteroatoms. The van der Waals surface area contributed by atoms with Gasteiger partial charge in [-0.05, 0) is 11.1 Å². The molecule has 1 aliphatic rings. The number of sulfonamides is 1. The van der Waals surface area contributed by atoms with Gasteiger partial charge in [-0.3, -0.25) is 4.21 Å². The Morgan fingerprint density at radius 1 is 1.21 bits per heavy atom. The number of benzene rings is 1. The Morgan fingerprint density at radius 3 is 2.47 bits per heavy atom. The summed E-state index contributed by atoms with van der Waals surface area (Å²) in [6.45, 7) is 0.703. The molecule has 0 aliphatic carbocycles. The Hall–Kier alpha value is -0.430. The van der Waals surface area contributed by atoms with Crippen molar-refractivity contribution in [1.82, 2.24) is 4.31 Å². The third-order valence-corrected chi connectivity index (χ3v) is 6.46. The van der Waals surface area contributed by atoms with Crippen LogP contribution in [0.5, 0.6) is 0 Å². The first-order valence-electron chi connectivity index (χ1n) is 5.98. The molecule has 1 aliphatic heterocycles. The maximum atomic E-state index is 12.3. The first-order valence-corrected chi connectivity index (χ1v) is 9.61. The van der Waals surface area contributed by atoms with E-state index in [2.05, 4.69) is 0 Å². The molecule has 0 bridgehead atoms. The maximum Gasteiger partial charge on any atom is 0.218 e. The van der Waals surface area contributed by atoms with Gasteiger partial charge in [0.15, 0.2) is 0 Å². The summed E-state index contributed by atoms with van der Waals surface area (Å²) in [6, 6.07) is 7.28. The summed E-state index contributed by atoms with van der Waals surface area (Å²) < 4.78 is 37.2. The van der Waals surface area contributed by atoms with Crippen LogP contribution in [0, 0.1) is 0 Å². The minimum Gasteiger partial charge on any atom is -0.259 e. The van der Waals surface area contributed by atoms with Gasteiger partial charge in [-0.15, -0.1) is 11.6 Å². The number of hydrogen-bond acceptors (Lipinski definition) is 3. The lowest BCUT2D eigenvalue weighted by atomic mass is 10.2. The number of rotatable bonds is 4. The van der Waals surface area contributed by atoms with E-state index in [4.69, 9.17) is 11.6 Å². The second kappa shape index (κ2) is 6.35. The zero-order valence-corrected chi connectivity index (χ0v) is 12.8. The molecule has 106 valence electrons. The zero-order chi connectivity index (χ0) is 13.9. The summed E-state index contributed by atoms with van der Waals surface area (Å²) >= 11 is 5.74. The van der Waals surface area contributed by atoms with E-state index in [1.54, 1.807) is 6.07 Å². The van der Waals surface area contributed by atoms with Crippen LogP contribution in [0.2, 0.25) is 0 Å². The van der Waals surface area contributed by atoms with E-state index in [-0.39, 0.29) is 5.75 Å². The molecule has 2 rings (SSSR count). The second-order valence-corrected chi connectivity index (χ2v) is 8.39. The molecule has 1 aromatic rings. The summed E-state index contributed by atoms with van der Waals surface area (Å²) in [4.78, 5) is 0. The van der Waals surface area contributed by atoms with Crippen molar-refractivity contribution < 1.29 is 12.6 Å². The summed E-state index contributed by atoms with van der Waals surface area (Å²) in [5, 5.41) is 0. The maximum absolute atomic E-state index is 12.3. The number of nitrogens with zero attached hydrogens (tertiary/aromatic N) is 1. The highest BCUT2D eigenvalue weighted by molar-refractivity contribution is 7.88. The fourth-order valence-electron chi connectivity index (χ4n) is 2.00. The van der Waals surface area contributed by atoms with E-state index in [1.165, 1.54) is 4.31 Å². The van der Waals surface area contributed by atoms with Crippen molar-refractivity contribution in [2.45, 2.75) is 11.6 Å². The van der Waals surface area contributed by atoms with Crippen molar-refractivity contribution in [3.05, 3.63) is 35.4 Å². The van der Waals surface area contributed by atoms with Gasteiger partial charge < -0.3 is 0 Å². The van der Waals surface area contributed by atoms with Crippen LogP contribution in [0.3, 0.4) is 0 Å². The van der Waals surface area contributed by atoms with E-state index in [9.17, 15) is 12.6 Å². The molecule has 1 aromatic carbocycles. The second-order valence-electron chi connectivity index (χ2n) is 4.46. The molecule has 1 fully saturated rings. The van der Waals surface area contributed by atoms with Crippen LogP contribution in [0.1, 0.15) is 11.1 Å². The topological polar surface area (TPSA) is 54.5 Å². The van der Waals surface area contributed by atoms with E-state index in [0.29, 0.717) is 30.5 Å². The van der Waals surface area contributed by atoms with Gasteiger partial charge in [0, 0.05) is 41.3 Å². The van der Waals surface area contributed by atoms with E-state index in [1.807, 2.05) is 18.2 Å². The Labute approximate surface area is 121 Å². The Balaban J connectivity index is 2.10. The lowest BCUT2D eigenvalue weighted by molar-refractivity contribution is 0.438. The third-order valence-electron chi connectivity index (χ3n) is 3.02. The van der Waals surface area contributed by atoms with Gasteiger partial charge in [-0.2, -0.15) is 4.31 Å². The van der Waals surface area contributed by atoms with Crippen molar-refractivity contribution in [2.75, 3.05) is 24.6 Å². The van der Waals surface area contributed by atoms with Gasteiger partial charge >= 0.3 is 0 Å². The van der Waals surface area contributed by atoms with E-state index >= 15 is 0 Å². The molecule has 0 amide bonds. The highest BCUT2D eigenvalue weighted by Crippen LogP contribution is 2.15. The summed E-state index contributed by atoms with van der Waals surface area (Å²) in [5.74, 6) is 1.21. The quantitative estimate of drug-likeness (QED) is 0.786. The van der Waals surface area contributed by atoms with Crippen molar-refractivity contribution in [1.29, 1.82) is 0 Å². The highest BCUT2D eigenvalue weighted by atomic mass is 35.5. The summed E-state index contributed by atoms with van der Waals surface area (Å²) in [7, 11) is -4.20. The fourth-order valence-corrected chi connectivity index (χ4v) is 4.98. The molecule has 0 unspecified atom stereocenters. The number of alkyl halides is 1. The zero-order valence-electron chi connectivity index (χ0n) is 10.4. The average Bonchev–Trinajstić information content (AvgIpc) is 2.39. The Kier molecular flexibility index (Phi) is 5.00. The summed E-state index contributed by atoms with van der Waals surface area (Å²) in [5.41, 5.74) is 1.65. The van der Waals surface area contributed by atoms with Crippen LogP contribution in [0.25, 0.3) is 0 Å². The van der Waals surface area contributed by atoms with E-state index in [0.717, 1.165) is 11.1 Å². The number of halogens is 1. The van der Waals surface area contributed by atoms with Crippen molar-refractivity contribution in [3.63, 3.8) is 0 Å². The Bertz CT molecular complexity index is 564. The molecular weight excluding hydrogens is 306 g/mol. The molecule has 0 saturated carbocycles. The standard InChI is InChI=1S/C12H16ClNO3S2/c13-9-11-2-1-3-12(8-11)10-19(16,17)14-4-6-18(15)7-5-14/h1-3,8H,4-7,9-10H2. The molecular formula is C12H16ClNO3S2. The van der Waals surface area contributed by atoms with Gasteiger partial charge in [0.25, 0.3) is 0 Å². The molecule has 1 heterocycles. The first kappa shape index (κ1) is 15.0. The van der Waals surface area contributed by atoms with E-state index < -0.39 is 20.8 Å². The fraction of sp³-hybridized carbons (Fsp3) is 0.500. The van der Waals surface area contributed by atoms with Crippen LogP contribution < -0.4 is 0 Å². The van der Waals surface area contributed by atoms with Crippen LogP contribution in [-0.4, -0.2) is 41.5 Å². The molecule has 19 heavy (non-hydrogen) atoms. The van der Waals surface area contributed by atoms with Gasteiger partial charge in [0.1, 0.15) is 0 Å². The largest absolute Gasteiger partial charge is 0.259 e. The Morgan fingerprint density at radius 2 is 1.84 bits per heavy atom. The predicted octanol–water partition coefficient (Wildman–Crippen LogP) is 1.32. The van der Waals surface area contributed by atoms with Crippen LogP contribution in [0.15, 0.2) is 24.3 Å². The van der Waals surface area contributed by atoms with Gasteiger partial charge in [0.05, 0.1) is 5.75 Å². The molecule has 0 atom stereocenters. The van der Waals surface area contributed by atoms with Crippen molar-refractivity contribution >= 4 is 32.4 Å². The average molecular weight is 322 g/mol. The highest BCUT2D eigenvalue weighted by Gasteiger charge is 2.26. The predicted molar refractivity (Wildman–Crippen MR) is 78.1 cm³/mol. The lowest BCUT2D eigenvalue weighted by Crippen LogP contribution is -2.42. The minimum absolute atomic E-state index is 0.0234. The summed E-state index contributed by atoms with van der Waals surface area (Å²) in [6.07, 6.45) is 0. The lowest BCUT2D eigenvalue weighted by Gasteiger charge is -2.25. The third kappa shape index (κ3) is 4.02. The van der Waals surface area contributed by atoms with Gasteiger partial charge in [-0.1, -0.05) is 24.3 Å². The van der Waals surface area contributed by atoms with Crippen LogP contribution in [-0.2, 0) is 32.5 Å². The van der Waals surface area contributed by atoms with Crippen LogP contribution in [0.4, 0.5) is 0 Å². The van der Waals surface area contributed by atoms with Gasteiger partial charge in [0.2, 0.25) is 10.0 Å². The monoisotopic (exact) mass is 321 g/mol. The molecule has 4 nitrogen and oxygen atoms in total. The van der Waals surface area contributed by atoms with Gasteiger partial charge in [-0.25, -0.2) is 8.42 Å². The molecule has 0 aromatic heterocycles. The molecule has 0 spiro atoms. The minimum atomic E-state index is -3.33. The normalized spacial score (nSPS) is 18.6. The first-order chi connectivity index (χ1) is 9.01.